The van der Waals surface area contributed by atoms with Gasteiger partial charge < -0.3 is 4.74 Å². The fourth-order valence-electron chi connectivity index (χ4n) is 2.78. The van der Waals surface area contributed by atoms with Gasteiger partial charge in [-0.2, -0.15) is 4.31 Å². The molecule has 1 aliphatic heterocycles. The van der Waals surface area contributed by atoms with Crippen LogP contribution in [0.4, 0.5) is 0 Å². The van der Waals surface area contributed by atoms with Crippen LogP contribution in [0.5, 0.6) is 0 Å². The molecule has 1 N–H and O–H groups in total. The molecule has 0 bridgehead atoms. The summed E-state index contributed by atoms with van der Waals surface area (Å²) in [6.07, 6.45) is 0.880. The number of methoxy groups -OCH3 is 1. The highest BCUT2D eigenvalue weighted by Crippen LogP contribution is 2.32. The number of ether oxygens (including phenoxy) is 1. The molecule has 1 atom stereocenters. The van der Waals surface area contributed by atoms with E-state index in [0.29, 0.717) is 18.4 Å². The van der Waals surface area contributed by atoms with Crippen LogP contribution < -0.4 is 4.72 Å². The zero-order valence-electron chi connectivity index (χ0n) is 13.9. The lowest BCUT2D eigenvalue weighted by Crippen LogP contribution is -2.34. The fourth-order valence-corrected chi connectivity index (χ4v) is 5.81. The molecule has 0 fully saturated rings. The first kappa shape index (κ1) is 19.3. The monoisotopic (exact) mass is 376 g/mol. The average molecular weight is 377 g/mol. The molecule has 24 heavy (non-hydrogen) atoms. The van der Waals surface area contributed by atoms with E-state index >= 15 is 0 Å². The molecule has 1 heterocycles. The SMILES string of the molecule is CCCS(=O)(=O)NC1CCN(CCOC)S(=O)(=O)c2ccccc21. The number of hydrogen-bond acceptors (Lipinski definition) is 5. The third-order valence-corrected chi connectivity index (χ3v) is 7.48. The highest BCUT2D eigenvalue weighted by atomic mass is 32.2. The predicted octanol–water partition coefficient (Wildman–Crippen LogP) is 1.10. The van der Waals surface area contributed by atoms with E-state index in [1.165, 1.54) is 17.5 Å². The zero-order chi connectivity index (χ0) is 17.8. The maximum atomic E-state index is 12.9. The first-order valence-corrected chi connectivity index (χ1v) is 11.0. The summed E-state index contributed by atoms with van der Waals surface area (Å²) in [5.41, 5.74) is 0.497. The predicted molar refractivity (Wildman–Crippen MR) is 91.6 cm³/mol. The summed E-state index contributed by atoms with van der Waals surface area (Å²) in [6.45, 7) is 2.55. The topological polar surface area (TPSA) is 92.8 Å². The van der Waals surface area contributed by atoms with E-state index < -0.39 is 26.1 Å². The van der Waals surface area contributed by atoms with Crippen LogP contribution in [0, 0.1) is 0 Å². The number of benzene rings is 1. The Kier molecular flexibility index (Phi) is 6.38. The maximum Gasteiger partial charge on any atom is 0.243 e. The number of nitrogens with zero attached hydrogens (tertiary/aromatic N) is 1. The van der Waals surface area contributed by atoms with Gasteiger partial charge in [0.25, 0.3) is 0 Å². The van der Waals surface area contributed by atoms with Crippen LogP contribution in [0.15, 0.2) is 29.2 Å². The molecular formula is C15H24N2O5S2. The van der Waals surface area contributed by atoms with E-state index in [9.17, 15) is 16.8 Å². The summed E-state index contributed by atoms with van der Waals surface area (Å²) in [6, 6.07) is 6.01. The largest absolute Gasteiger partial charge is 0.383 e. The fraction of sp³-hybridized carbons (Fsp3) is 0.600. The second-order valence-electron chi connectivity index (χ2n) is 5.71. The Morgan fingerprint density at radius 1 is 1.33 bits per heavy atom. The van der Waals surface area contributed by atoms with Crippen molar-refractivity contribution in [2.45, 2.75) is 30.7 Å². The number of nitrogens with one attached hydrogen (secondary N) is 1. The smallest absolute Gasteiger partial charge is 0.243 e. The maximum absolute atomic E-state index is 12.9. The molecule has 0 saturated carbocycles. The highest BCUT2D eigenvalue weighted by Gasteiger charge is 2.34. The molecule has 7 nitrogen and oxygen atoms in total. The molecule has 1 aromatic carbocycles. The van der Waals surface area contributed by atoms with E-state index in [0.717, 1.165) is 0 Å². The molecule has 0 amide bonds. The average Bonchev–Trinajstić information content (AvgIpc) is 2.62. The summed E-state index contributed by atoms with van der Waals surface area (Å²) in [4.78, 5) is 0.155. The van der Waals surface area contributed by atoms with Gasteiger partial charge in [-0.25, -0.2) is 21.6 Å². The Morgan fingerprint density at radius 3 is 2.71 bits per heavy atom. The van der Waals surface area contributed by atoms with Gasteiger partial charge in [-0.1, -0.05) is 25.1 Å². The number of hydrogen-bond donors (Lipinski definition) is 1. The minimum absolute atomic E-state index is 0.0196. The minimum atomic E-state index is -3.67. The van der Waals surface area contributed by atoms with Crippen molar-refractivity contribution in [3.8, 4) is 0 Å². The summed E-state index contributed by atoms with van der Waals surface area (Å²) >= 11 is 0. The van der Waals surface area contributed by atoms with Crippen molar-refractivity contribution in [3.05, 3.63) is 29.8 Å². The number of fused-ring (bicyclic) bond motifs is 1. The summed E-state index contributed by atoms with van der Waals surface area (Å²) in [5.74, 6) is 0.0196. The highest BCUT2D eigenvalue weighted by molar-refractivity contribution is 7.89. The van der Waals surface area contributed by atoms with E-state index in [1.807, 2.05) is 0 Å². The van der Waals surface area contributed by atoms with Gasteiger partial charge in [0, 0.05) is 26.2 Å². The van der Waals surface area contributed by atoms with Crippen molar-refractivity contribution in [3.63, 3.8) is 0 Å². The number of rotatable bonds is 7. The van der Waals surface area contributed by atoms with Crippen LogP contribution in [0.2, 0.25) is 0 Å². The molecule has 136 valence electrons. The van der Waals surface area contributed by atoms with Crippen molar-refractivity contribution in [1.82, 2.24) is 9.03 Å². The molecular weight excluding hydrogens is 352 g/mol. The first-order chi connectivity index (χ1) is 11.3. The normalized spacial score (nSPS) is 21.2. The third-order valence-electron chi connectivity index (χ3n) is 3.92. The van der Waals surface area contributed by atoms with Crippen LogP contribution in [0.1, 0.15) is 31.4 Å². The molecule has 1 unspecified atom stereocenters. The zero-order valence-corrected chi connectivity index (χ0v) is 15.6. The van der Waals surface area contributed by atoms with Gasteiger partial charge in [0.05, 0.1) is 17.3 Å². The van der Waals surface area contributed by atoms with Gasteiger partial charge in [0.15, 0.2) is 0 Å². The second-order valence-corrected chi connectivity index (χ2v) is 9.49. The Hall–Kier alpha value is -1.00. The van der Waals surface area contributed by atoms with Crippen LogP contribution >= 0.6 is 0 Å². The van der Waals surface area contributed by atoms with Gasteiger partial charge in [-0.15, -0.1) is 0 Å². The van der Waals surface area contributed by atoms with Crippen LogP contribution in [-0.4, -0.2) is 53.7 Å². The Labute approximate surface area is 144 Å². The summed E-state index contributed by atoms with van der Waals surface area (Å²) in [5, 5.41) is 0. The lowest BCUT2D eigenvalue weighted by atomic mass is 10.0. The Morgan fingerprint density at radius 2 is 2.04 bits per heavy atom. The van der Waals surface area contributed by atoms with Crippen molar-refractivity contribution in [2.75, 3.05) is 32.6 Å². The molecule has 1 aromatic rings. The second kappa shape index (κ2) is 7.92. The number of sulfonamides is 2. The lowest BCUT2D eigenvalue weighted by molar-refractivity contribution is 0.178. The van der Waals surface area contributed by atoms with Crippen LogP contribution in [-0.2, 0) is 24.8 Å². The van der Waals surface area contributed by atoms with E-state index in [2.05, 4.69) is 4.72 Å². The minimum Gasteiger partial charge on any atom is -0.383 e. The van der Waals surface area contributed by atoms with Crippen molar-refractivity contribution in [2.24, 2.45) is 0 Å². The Balaban J connectivity index is 2.41. The lowest BCUT2D eigenvalue weighted by Gasteiger charge is -2.19. The van der Waals surface area contributed by atoms with Crippen molar-refractivity contribution in [1.29, 1.82) is 0 Å². The molecule has 0 aliphatic carbocycles. The van der Waals surface area contributed by atoms with E-state index in [4.69, 9.17) is 4.74 Å². The first-order valence-electron chi connectivity index (χ1n) is 7.90. The molecule has 9 heteroatoms. The standard InChI is InChI=1S/C15H24N2O5S2/c1-3-12-23(18,19)16-14-8-9-17(10-11-22-2)24(20,21)15-7-5-4-6-13(14)15/h4-7,14,16H,3,8-12H2,1-2H3. The van der Waals surface area contributed by atoms with E-state index in [-0.39, 0.29) is 30.3 Å². The van der Waals surface area contributed by atoms with Crippen LogP contribution in [0.25, 0.3) is 0 Å². The van der Waals surface area contributed by atoms with Crippen molar-refractivity contribution >= 4 is 20.0 Å². The molecule has 2 rings (SSSR count). The van der Waals surface area contributed by atoms with Gasteiger partial charge in [-0.3, -0.25) is 0 Å². The van der Waals surface area contributed by atoms with Gasteiger partial charge in [-0.05, 0) is 24.5 Å². The Bertz CT molecular complexity index is 762. The molecule has 1 aliphatic rings. The quantitative estimate of drug-likeness (QED) is 0.769. The third kappa shape index (κ3) is 4.34. The molecule has 0 radical (unpaired) electrons. The van der Waals surface area contributed by atoms with Gasteiger partial charge in [0.1, 0.15) is 0 Å². The van der Waals surface area contributed by atoms with Crippen LogP contribution in [0.3, 0.4) is 0 Å². The summed E-state index contributed by atoms with van der Waals surface area (Å²) in [7, 11) is -5.61. The molecule has 0 saturated heterocycles. The van der Waals surface area contributed by atoms with Crippen molar-refractivity contribution < 1.29 is 21.6 Å². The molecule has 0 aromatic heterocycles. The van der Waals surface area contributed by atoms with Gasteiger partial charge in [0.2, 0.25) is 20.0 Å². The molecule has 0 spiro atoms. The van der Waals surface area contributed by atoms with E-state index in [1.54, 1.807) is 25.1 Å². The summed E-state index contributed by atoms with van der Waals surface area (Å²) < 4.78 is 59.0. The van der Waals surface area contributed by atoms with Gasteiger partial charge >= 0.3 is 0 Å².